The summed E-state index contributed by atoms with van der Waals surface area (Å²) in [5.74, 6) is -4.36. The van der Waals surface area contributed by atoms with Gasteiger partial charge >= 0.3 is 11.9 Å². The number of carboxylic acids is 2. The fraction of sp³-hybridized carbons (Fsp3) is 0.737. The van der Waals surface area contributed by atoms with E-state index in [1.165, 1.54) is 39.0 Å². The minimum Gasteiger partial charge on any atom is -0.550 e. The maximum absolute atomic E-state index is 11.9. The van der Waals surface area contributed by atoms with Crippen LogP contribution in [0.2, 0.25) is 0 Å². The standard InChI is InChI=1S/C19H32O6/c1-3-4-5-6-7-8-9-10-11-12-13-16(14-17(20)21)19(24)25-15(2)18(22)23/h11-12,15-16H,3-10,13-14H2,1-2H3,(H,20,21)(H,22,23)/p-1/b12-11+. The van der Waals surface area contributed by atoms with E-state index in [0.29, 0.717) is 0 Å². The lowest BCUT2D eigenvalue weighted by Gasteiger charge is -2.16. The highest BCUT2D eigenvalue weighted by Crippen LogP contribution is 2.14. The van der Waals surface area contributed by atoms with Gasteiger partial charge in [-0.2, -0.15) is 0 Å². The molecule has 0 spiro atoms. The Labute approximate surface area is 150 Å². The molecule has 144 valence electrons. The number of esters is 1. The first kappa shape index (κ1) is 23.1. The molecule has 0 aliphatic carbocycles. The van der Waals surface area contributed by atoms with Gasteiger partial charge in [0.1, 0.15) is 0 Å². The SMILES string of the molecule is CCCCCCCCC/C=C/CC(CC(=O)[O-])C(=O)OC(C)C(=O)O. The molecule has 6 heteroatoms. The molecule has 25 heavy (non-hydrogen) atoms. The Morgan fingerprint density at radius 3 is 2.20 bits per heavy atom. The van der Waals surface area contributed by atoms with Crippen LogP contribution in [-0.4, -0.2) is 29.1 Å². The summed E-state index contributed by atoms with van der Waals surface area (Å²) >= 11 is 0. The largest absolute Gasteiger partial charge is 0.550 e. The smallest absolute Gasteiger partial charge is 0.344 e. The van der Waals surface area contributed by atoms with E-state index in [-0.39, 0.29) is 6.42 Å². The summed E-state index contributed by atoms with van der Waals surface area (Å²) < 4.78 is 4.75. The molecule has 0 aromatic carbocycles. The van der Waals surface area contributed by atoms with E-state index in [2.05, 4.69) is 6.92 Å². The number of ether oxygens (including phenoxy) is 1. The normalized spacial score (nSPS) is 13.5. The summed E-state index contributed by atoms with van der Waals surface area (Å²) in [5, 5.41) is 19.5. The zero-order valence-corrected chi connectivity index (χ0v) is 15.4. The Morgan fingerprint density at radius 2 is 1.64 bits per heavy atom. The van der Waals surface area contributed by atoms with Crippen LogP contribution in [0, 0.1) is 5.92 Å². The molecule has 2 unspecified atom stereocenters. The second-order valence-corrected chi connectivity index (χ2v) is 6.31. The first-order valence-corrected chi connectivity index (χ1v) is 9.16. The molecule has 0 saturated heterocycles. The molecular weight excluding hydrogens is 324 g/mol. The van der Waals surface area contributed by atoms with Crippen LogP contribution < -0.4 is 5.11 Å². The van der Waals surface area contributed by atoms with E-state index < -0.39 is 36.4 Å². The summed E-state index contributed by atoms with van der Waals surface area (Å²) in [6.45, 7) is 3.42. The van der Waals surface area contributed by atoms with E-state index in [9.17, 15) is 19.5 Å². The van der Waals surface area contributed by atoms with Gasteiger partial charge in [0.25, 0.3) is 0 Å². The Kier molecular flexibility index (Phi) is 13.4. The molecule has 0 bridgehead atoms. The number of hydrogen-bond acceptors (Lipinski definition) is 5. The van der Waals surface area contributed by atoms with Gasteiger partial charge in [0.2, 0.25) is 0 Å². The number of carbonyl (C=O) groups excluding carboxylic acids is 2. The van der Waals surface area contributed by atoms with Gasteiger partial charge in [-0.15, -0.1) is 0 Å². The quantitative estimate of drug-likeness (QED) is 0.275. The maximum atomic E-state index is 11.9. The average Bonchev–Trinajstić information content (AvgIpc) is 2.54. The van der Waals surface area contributed by atoms with Gasteiger partial charge in [-0.25, -0.2) is 4.79 Å². The van der Waals surface area contributed by atoms with Crippen LogP contribution >= 0.6 is 0 Å². The lowest BCUT2D eigenvalue weighted by molar-refractivity contribution is -0.306. The Morgan fingerprint density at radius 1 is 1.04 bits per heavy atom. The highest BCUT2D eigenvalue weighted by molar-refractivity contribution is 5.81. The first-order chi connectivity index (χ1) is 11.9. The summed E-state index contributed by atoms with van der Waals surface area (Å²) in [4.78, 5) is 33.3. The Hall–Kier alpha value is -1.85. The summed E-state index contributed by atoms with van der Waals surface area (Å²) in [7, 11) is 0. The lowest BCUT2D eigenvalue weighted by Crippen LogP contribution is -2.32. The number of rotatable bonds is 15. The van der Waals surface area contributed by atoms with Gasteiger partial charge in [0.15, 0.2) is 6.10 Å². The molecule has 6 nitrogen and oxygen atoms in total. The van der Waals surface area contributed by atoms with Crippen LogP contribution in [-0.2, 0) is 19.1 Å². The minimum atomic E-state index is -1.36. The molecule has 0 radical (unpaired) electrons. The van der Waals surface area contributed by atoms with Crippen molar-refractivity contribution in [3.63, 3.8) is 0 Å². The number of carbonyl (C=O) groups is 3. The molecule has 2 atom stereocenters. The van der Waals surface area contributed by atoms with Crippen molar-refractivity contribution in [2.24, 2.45) is 5.92 Å². The van der Waals surface area contributed by atoms with Crippen molar-refractivity contribution in [1.82, 2.24) is 0 Å². The molecule has 0 amide bonds. The minimum absolute atomic E-state index is 0.204. The zero-order valence-electron chi connectivity index (χ0n) is 15.4. The maximum Gasteiger partial charge on any atom is 0.344 e. The highest BCUT2D eigenvalue weighted by atomic mass is 16.6. The number of aliphatic carboxylic acids is 2. The molecule has 0 aromatic heterocycles. The van der Waals surface area contributed by atoms with E-state index in [4.69, 9.17) is 9.84 Å². The van der Waals surface area contributed by atoms with E-state index >= 15 is 0 Å². The Bertz CT molecular complexity index is 430. The summed E-state index contributed by atoms with van der Waals surface area (Å²) in [6.07, 6.45) is 11.5. The van der Waals surface area contributed by atoms with Gasteiger partial charge in [0, 0.05) is 12.4 Å². The second-order valence-electron chi connectivity index (χ2n) is 6.31. The van der Waals surface area contributed by atoms with Gasteiger partial charge in [-0.05, 0) is 26.2 Å². The predicted octanol–water partition coefficient (Wildman–Crippen LogP) is 2.85. The monoisotopic (exact) mass is 355 g/mol. The molecule has 0 aliphatic heterocycles. The van der Waals surface area contributed by atoms with Crippen molar-refractivity contribution < 1.29 is 29.3 Å². The second kappa shape index (κ2) is 14.5. The Balaban J connectivity index is 4.11. The third-order valence-electron chi connectivity index (χ3n) is 3.95. The molecule has 0 fully saturated rings. The molecule has 0 heterocycles. The van der Waals surface area contributed by atoms with Crippen LogP contribution in [0.4, 0.5) is 0 Å². The number of hydrogen-bond donors (Lipinski definition) is 1. The molecule has 1 N–H and O–H groups in total. The van der Waals surface area contributed by atoms with Crippen molar-refractivity contribution in [3.8, 4) is 0 Å². The van der Waals surface area contributed by atoms with E-state index in [1.807, 2.05) is 6.08 Å². The first-order valence-electron chi connectivity index (χ1n) is 9.16. The third kappa shape index (κ3) is 13.2. The van der Waals surface area contributed by atoms with Gasteiger partial charge in [0.05, 0.1) is 5.92 Å². The number of allylic oxidation sites excluding steroid dienone is 2. The number of carboxylic acid groups (broad SMARTS) is 2. The molecule has 0 rings (SSSR count). The van der Waals surface area contributed by atoms with Crippen molar-refractivity contribution in [1.29, 1.82) is 0 Å². The molecular formula is C19H31O6-. The fourth-order valence-corrected chi connectivity index (χ4v) is 2.38. The van der Waals surface area contributed by atoms with Crippen LogP contribution in [0.5, 0.6) is 0 Å². The van der Waals surface area contributed by atoms with Crippen molar-refractivity contribution >= 4 is 17.9 Å². The van der Waals surface area contributed by atoms with Gasteiger partial charge in [-0.1, -0.05) is 57.6 Å². The molecule has 0 aromatic rings. The molecule has 0 aliphatic rings. The van der Waals surface area contributed by atoms with Gasteiger partial charge < -0.3 is 19.7 Å². The van der Waals surface area contributed by atoms with E-state index in [0.717, 1.165) is 19.3 Å². The topological polar surface area (TPSA) is 104 Å². The lowest BCUT2D eigenvalue weighted by atomic mass is 10.0. The fourth-order valence-electron chi connectivity index (χ4n) is 2.38. The number of unbranched alkanes of at least 4 members (excludes halogenated alkanes) is 7. The summed E-state index contributed by atoms with van der Waals surface area (Å²) in [5.41, 5.74) is 0. The summed E-state index contributed by atoms with van der Waals surface area (Å²) in [6, 6.07) is 0. The van der Waals surface area contributed by atoms with Crippen molar-refractivity contribution in [2.75, 3.05) is 0 Å². The van der Waals surface area contributed by atoms with Crippen LogP contribution in [0.15, 0.2) is 12.2 Å². The van der Waals surface area contributed by atoms with Crippen molar-refractivity contribution in [2.45, 2.75) is 84.2 Å². The van der Waals surface area contributed by atoms with E-state index in [1.54, 1.807) is 6.08 Å². The third-order valence-corrected chi connectivity index (χ3v) is 3.95. The van der Waals surface area contributed by atoms with Gasteiger partial charge in [-0.3, -0.25) is 4.79 Å². The predicted molar refractivity (Wildman–Crippen MR) is 92.7 cm³/mol. The average molecular weight is 355 g/mol. The van der Waals surface area contributed by atoms with Crippen LogP contribution in [0.25, 0.3) is 0 Å². The van der Waals surface area contributed by atoms with Crippen molar-refractivity contribution in [3.05, 3.63) is 12.2 Å². The molecule has 0 saturated carbocycles. The van der Waals surface area contributed by atoms with Crippen LogP contribution in [0.1, 0.15) is 78.1 Å². The zero-order chi connectivity index (χ0) is 19.1. The van der Waals surface area contributed by atoms with Crippen LogP contribution in [0.3, 0.4) is 0 Å². The highest BCUT2D eigenvalue weighted by Gasteiger charge is 2.24.